The van der Waals surface area contributed by atoms with Crippen LogP contribution < -0.4 is 4.90 Å². The number of anilines is 1. The van der Waals surface area contributed by atoms with Crippen LogP contribution in [0.25, 0.3) is 11.2 Å². The van der Waals surface area contributed by atoms with Gasteiger partial charge in [-0.15, -0.1) is 0 Å². The van der Waals surface area contributed by atoms with Crippen LogP contribution in [-0.4, -0.2) is 51.5 Å². The van der Waals surface area contributed by atoms with Crippen molar-refractivity contribution in [2.45, 2.75) is 11.8 Å². The summed E-state index contributed by atoms with van der Waals surface area (Å²) in [4.78, 5) is 13.7. The smallest absolute Gasteiger partial charge is 0.365 e. The van der Waals surface area contributed by atoms with Crippen molar-refractivity contribution in [3.63, 3.8) is 0 Å². The minimum atomic E-state index is -4.41. The Labute approximate surface area is 112 Å². The van der Waals surface area contributed by atoms with Crippen molar-refractivity contribution < 1.29 is 17.9 Å². The topological polar surface area (TPSA) is 56.1 Å². The fourth-order valence-corrected chi connectivity index (χ4v) is 2.31. The minimum Gasteiger partial charge on any atom is -0.365 e. The molecule has 0 atom stereocenters. The molecule has 0 bridgehead atoms. The van der Waals surface area contributed by atoms with Crippen LogP contribution in [0.4, 0.5) is 19.0 Å². The van der Waals surface area contributed by atoms with Crippen LogP contribution in [0.1, 0.15) is 0 Å². The summed E-state index contributed by atoms with van der Waals surface area (Å²) in [6, 6.07) is 0. The first-order valence-electron chi connectivity index (χ1n) is 5.87. The van der Waals surface area contributed by atoms with E-state index in [-0.39, 0.29) is 13.1 Å². The summed E-state index contributed by atoms with van der Waals surface area (Å²) in [7, 11) is 2.83. The fraction of sp³-hybridized carbons (Fsp3) is 0.545. The molecule has 1 saturated heterocycles. The third-order valence-electron chi connectivity index (χ3n) is 3.58. The van der Waals surface area contributed by atoms with Crippen LogP contribution >= 0.6 is 0 Å². The number of aromatic nitrogens is 4. The molecule has 0 N–H and O–H groups in total. The van der Waals surface area contributed by atoms with E-state index in [1.165, 1.54) is 11.2 Å². The summed E-state index contributed by atoms with van der Waals surface area (Å²) < 4.78 is 45.2. The highest BCUT2D eigenvalue weighted by molar-refractivity contribution is 5.83. The summed E-state index contributed by atoms with van der Waals surface area (Å²) in [5.41, 5.74) is -1.06. The van der Waals surface area contributed by atoms with Crippen LogP contribution in [0.15, 0.2) is 12.7 Å². The molecule has 0 aliphatic carbocycles. The number of halogens is 3. The quantitative estimate of drug-likeness (QED) is 0.829. The third-order valence-corrected chi connectivity index (χ3v) is 3.58. The summed E-state index contributed by atoms with van der Waals surface area (Å²) in [6.45, 7) is -0.592. The zero-order chi connectivity index (χ0) is 14.5. The number of imidazole rings is 1. The maximum atomic E-state index is 13.0. The molecule has 6 nitrogen and oxygen atoms in total. The number of nitrogens with zero attached hydrogens (tertiary/aromatic N) is 5. The highest BCUT2D eigenvalue weighted by Gasteiger charge is 2.63. The molecule has 2 aromatic heterocycles. The largest absolute Gasteiger partial charge is 0.420 e. The van der Waals surface area contributed by atoms with E-state index in [9.17, 15) is 13.2 Å². The molecule has 20 heavy (non-hydrogen) atoms. The van der Waals surface area contributed by atoms with Crippen molar-refractivity contribution in [2.75, 3.05) is 25.1 Å². The molecule has 1 aliphatic heterocycles. The Morgan fingerprint density at radius 2 is 1.95 bits per heavy atom. The molecule has 0 spiro atoms. The first-order chi connectivity index (χ1) is 9.38. The number of alkyl halides is 3. The molecule has 1 fully saturated rings. The van der Waals surface area contributed by atoms with E-state index in [1.54, 1.807) is 17.9 Å². The average molecular weight is 287 g/mol. The molecular formula is C11H12F3N5O. The van der Waals surface area contributed by atoms with Crippen molar-refractivity contribution in [1.82, 2.24) is 19.5 Å². The second-order valence-corrected chi connectivity index (χ2v) is 4.78. The highest BCUT2D eigenvalue weighted by Crippen LogP contribution is 2.42. The van der Waals surface area contributed by atoms with E-state index in [0.29, 0.717) is 17.0 Å². The zero-order valence-corrected chi connectivity index (χ0v) is 10.8. The van der Waals surface area contributed by atoms with Crippen LogP contribution in [0, 0.1) is 0 Å². The van der Waals surface area contributed by atoms with Crippen LogP contribution in [-0.2, 0) is 11.8 Å². The van der Waals surface area contributed by atoms with Crippen molar-refractivity contribution in [3.05, 3.63) is 12.7 Å². The Morgan fingerprint density at radius 3 is 2.55 bits per heavy atom. The van der Waals surface area contributed by atoms with Crippen LogP contribution in [0.2, 0.25) is 0 Å². The van der Waals surface area contributed by atoms with Crippen LogP contribution in [0.3, 0.4) is 0 Å². The van der Waals surface area contributed by atoms with Gasteiger partial charge in [0.1, 0.15) is 6.33 Å². The van der Waals surface area contributed by atoms with Crippen LogP contribution in [0.5, 0.6) is 0 Å². The number of aryl methyl sites for hydroxylation is 1. The molecule has 1 aliphatic rings. The highest BCUT2D eigenvalue weighted by atomic mass is 19.4. The average Bonchev–Trinajstić information content (AvgIpc) is 2.70. The van der Waals surface area contributed by atoms with Gasteiger partial charge in [-0.05, 0) is 0 Å². The molecule has 0 aromatic carbocycles. The number of hydrogen-bond donors (Lipinski definition) is 0. The van der Waals surface area contributed by atoms with Gasteiger partial charge >= 0.3 is 6.18 Å². The second-order valence-electron chi connectivity index (χ2n) is 4.78. The number of ether oxygens (including phenoxy) is 1. The maximum Gasteiger partial charge on any atom is 0.420 e. The zero-order valence-electron chi connectivity index (χ0n) is 10.8. The Bertz CT molecular complexity index is 647. The molecular weight excluding hydrogens is 275 g/mol. The first kappa shape index (κ1) is 13.1. The van der Waals surface area contributed by atoms with Gasteiger partial charge in [0.25, 0.3) is 0 Å². The Balaban J connectivity index is 1.93. The lowest BCUT2D eigenvalue weighted by molar-refractivity contribution is -0.277. The lowest BCUT2D eigenvalue weighted by Crippen LogP contribution is -2.70. The molecule has 3 heterocycles. The van der Waals surface area contributed by atoms with Crippen molar-refractivity contribution in [2.24, 2.45) is 7.05 Å². The Hall–Kier alpha value is -1.90. The molecule has 0 unspecified atom stereocenters. The third kappa shape index (κ3) is 1.65. The molecule has 0 amide bonds. The van der Waals surface area contributed by atoms with Crippen molar-refractivity contribution in [1.29, 1.82) is 0 Å². The van der Waals surface area contributed by atoms with Gasteiger partial charge in [0, 0.05) is 14.2 Å². The van der Waals surface area contributed by atoms with Gasteiger partial charge in [-0.2, -0.15) is 13.2 Å². The molecule has 2 aromatic rings. The lowest BCUT2D eigenvalue weighted by Gasteiger charge is -2.49. The van der Waals surface area contributed by atoms with Gasteiger partial charge in [0.15, 0.2) is 22.6 Å². The number of hydrogen-bond acceptors (Lipinski definition) is 5. The predicted octanol–water partition coefficient (Wildman–Crippen LogP) is 1.13. The number of methoxy groups -OCH3 is 1. The van der Waals surface area contributed by atoms with E-state index in [2.05, 4.69) is 19.7 Å². The summed E-state index contributed by atoms with van der Waals surface area (Å²) >= 11 is 0. The van der Waals surface area contributed by atoms with Gasteiger partial charge in [-0.3, -0.25) is 0 Å². The maximum absolute atomic E-state index is 13.0. The molecule has 3 rings (SSSR count). The van der Waals surface area contributed by atoms with E-state index in [4.69, 9.17) is 0 Å². The second kappa shape index (κ2) is 4.05. The molecule has 0 saturated carbocycles. The number of rotatable bonds is 2. The Morgan fingerprint density at radius 1 is 1.25 bits per heavy atom. The summed E-state index contributed by atoms with van der Waals surface area (Å²) in [5.74, 6) is 0.396. The summed E-state index contributed by atoms with van der Waals surface area (Å²) in [5, 5.41) is 0. The van der Waals surface area contributed by atoms with Gasteiger partial charge in [0.05, 0.1) is 19.4 Å². The standard InChI is InChI=1S/C11H12F3N5O/c1-18-6-17-7-8(18)15-5-16-9(7)19-3-10(4-19,20-2)11(12,13)14/h5-6H,3-4H2,1-2H3. The van der Waals surface area contributed by atoms with Gasteiger partial charge in [0.2, 0.25) is 0 Å². The Kier molecular flexibility index (Phi) is 2.65. The normalized spacial score (nSPS) is 18.4. The molecule has 108 valence electrons. The van der Waals surface area contributed by atoms with E-state index in [0.717, 1.165) is 7.11 Å². The number of fused-ring (bicyclic) bond motifs is 1. The first-order valence-corrected chi connectivity index (χ1v) is 5.87. The predicted molar refractivity (Wildman–Crippen MR) is 64.3 cm³/mol. The molecule has 0 radical (unpaired) electrons. The van der Waals surface area contributed by atoms with E-state index < -0.39 is 11.8 Å². The fourth-order valence-electron chi connectivity index (χ4n) is 2.31. The minimum absolute atomic E-state index is 0.296. The summed E-state index contributed by atoms with van der Waals surface area (Å²) in [6.07, 6.45) is -1.54. The molecule has 9 heteroatoms. The van der Waals surface area contributed by atoms with E-state index in [1.807, 2.05) is 0 Å². The SMILES string of the molecule is COC1(C(F)(F)F)CN(c2ncnc3c2ncn3C)C1. The van der Waals surface area contributed by atoms with Crippen molar-refractivity contribution >= 4 is 17.0 Å². The van der Waals surface area contributed by atoms with Gasteiger partial charge < -0.3 is 14.2 Å². The van der Waals surface area contributed by atoms with Gasteiger partial charge in [-0.1, -0.05) is 0 Å². The van der Waals surface area contributed by atoms with Gasteiger partial charge in [-0.25, -0.2) is 15.0 Å². The lowest BCUT2D eigenvalue weighted by atomic mass is 9.93. The van der Waals surface area contributed by atoms with E-state index >= 15 is 0 Å². The van der Waals surface area contributed by atoms with Crippen molar-refractivity contribution in [3.8, 4) is 0 Å². The monoisotopic (exact) mass is 287 g/mol.